The summed E-state index contributed by atoms with van der Waals surface area (Å²) in [6, 6.07) is 0.740. The third-order valence-electron chi connectivity index (χ3n) is 4.64. The van der Waals surface area contributed by atoms with Crippen LogP contribution in [0.25, 0.3) is 10.3 Å². The van der Waals surface area contributed by atoms with E-state index in [2.05, 4.69) is 21.8 Å². The lowest BCUT2D eigenvalue weighted by atomic mass is 10.00. The standard InChI is InChI=1S/C14H21N5S/c1-10-12-13(17(2)16-10)15-14(20-12)19-8-7-18-6-4-3-5-11(18)9-19/h11H,3-9H2,1-2H3. The van der Waals surface area contributed by atoms with E-state index in [1.54, 1.807) is 11.3 Å². The molecule has 0 saturated carbocycles. The third kappa shape index (κ3) is 1.93. The van der Waals surface area contributed by atoms with Crippen LogP contribution in [0.15, 0.2) is 0 Å². The van der Waals surface area contributed by atoms with Crippen molar-refractivity contribution in [1.29, 1.82) is 0 Å². The van der Waals surface area contributed by atoms with Crippen molar-refractivity contribution in [1.82, 2.24) is 19.7 Å². The summed E-state index contributed by atoms with van der Waals surface area (Å²) in [7, 11) is 1.98. The number of piperidine rings is 1. The molecule has 4 rings (SSSR count). The van der Waals surface area contributed by atoms with Gasteiger partial charge in [-0.1, -0.05) is 17.8 Å². The van der Waals surface area contributed by atoms with Crippen molar-refractivity contribution < 1.29 is 0 Å². The Labute approximate surface area is 123 Å². The Morgan fingerprint density at radius 2 is 2.10 bits per heavy atom. The fourth-order valence-corrected chi connectivity index (χ4v) is 4.61. The van der Waals surface area contributed by atoms with Gasteiger partial charge in [0.15, 0.2) is 10.8 Å². The summed E-state index contributed by atoms with van der Waals surface area (Å²) in [5, 5.41) is 5.62. The number of anilines is 1. The van der Waals surface area contributed by atoms with Crippen LogP contribution in [0, 0.1) is 6.92 Å². The van der Waals surface area contributed by atoms with Crippen LogP contribution < -0.4 is 4.90 Å². The highest BCUT2D eigenvalue weighted by Gasteiger charge is 2.30. The van der Waals surface area contributed by atoms with E-state index in [9.17, 15) is 0 Å². The molecule has 0 radical (unpaired) electrons. The van der Waals surface area contributed by atoms with Crippen molar-refractivity contribution in [2.24, 2.45) is 7.05 Å². The summed E-state index contributed by atoms with van der Waals surface area (Å²) in [6.45, 7) is 6.82. The molecule has 0 aliphatic carbocycles. The average molecular weight is 291 g/mol. The average Bonchev–Trinajstić information content (AvgIpc) is 3.01. The molecule has 2 aliphatic heterocycles. The second-order valence-corrected chi connectivity index (χ2v) is 6.97. The Hall–Kier alpha value is -1.14. The molecule has 2 aromatic rings. The highest BCUT2D eigenvalue weighted by atomic mass is 32.1. The molecule has 1 atom stereocenters. The molecule has 0 aromatic carbocycles. The fourth-order valence-electron chi connectivity index (χ4n) is 3.54. The predicted molar refractivity (Wildman–Crippen MR) is 82.5 cm³/mol. The Bertz CT molecular complexity index is 596. The summed E-state index contributed by atoms with van der Waals surface area (Å²) in [6.07, 6.45) is 4.11. The molecular formula is C14H21N5S. The number of aryl methyl sites for hydroxylation is 2. The van der Waals surface area contributed by atoms with Gasteiger partial charge in [0.05, 0.1) is 10.4 Å². The largest absolute Gasteiger partial charge is 0.345 e. The monoisotopic (exact) mass is 291 g/mol. The number of thiazole rings is 1. The number of aromatic nitrogens is 3. The van der Waals surface area contributed by atoms with E-state index < -0.39 is 0 Å². The van der Waals surface area contributed by atoms with Crippen molar-refractivity contribution >= 4 is 26.8 Å². The van der Waals surface area contributed by atoms with Gasteiger partial charge in [-0.2, -0.15) is 5.10 Å². The summed E-state index contributed by atoms with van der Waals surface area (Å²) in [5.41, 5.74) is 2.14. The van der Waals surface area contributed by atoms with Gasteiger partial charge in [0.2, 0.25) is 0 Å². The van der Waals surface area contributed by atoms with Crippen LogP contribution in [0.3, 0.4) is 0 Å². The smallest absolute Gasteiger partial charge is 0.188 e. The first-order valence-electron chi connectivity index (χ1n) is 7.51. The number of nitrogens with zero attached hydrogens (tertiary/aromatic N) is 5. The first kappa shape index (κ1) is 12.6. The number of hydrogen-bond donors (Lipinski definition) is 0. The van der Waals surface area contributed by atoms with E-state index >= 15 is 0 Å². The molecular weight excluding hydrogens is 270 g/mol. The Kier molecular flexibility index (Phi) is 2.96. The predicted octanol–water partition coefficient (Wildman–Crippen LogP) is 2.01. The molecule has 2 aliphatic rings. The van der Waals surface area contributed by atoms with Gasteiger partial charge < -0.3 is 4.90 Å². The lowest BCUT2D eigenvalue weighted by Crippen LogP contribution is -2.54. The number of rotatable bonds is 1. The molecule has 2 aromatic heterocycles. The van der Waals surface area contributed by atoms with Crippen LogP contribution in [0.1, 0.15) is 25.0 Å². The molecule has 2 saturated heterocycles. The SMILES string of the molecule is Cc1nn(C)c2nc(N3CCN4CCCCC4C3)sc12. The van der Waals surface area contributed by atoms with Crippen LogP contribution in [0.4, 0.5) is 5.13 Å². The lowest BCUT2D eigenvalue weighted by molar-refractivity contribution is 0.133. The van der Waals surface area contributed by atoms with E-state index in [-0.39, 0.29) is 0 Å². The van der Waals surface area contributed by atoms with Crippen molar-refractivity contribution in [3.63, 3.8) is 0 Å². The normalized spacial score (nSPS) is 24.3. The zero-order chi connectivity index (χ0) is 13.7. The summed E-state index contributed by atoms with van der Waals surface area (Å²) in [4.78, 5) is 9.97. The maximum atomic E-state index is 4.82. The molecule has 4 heterocycles. The first-order valence-corrected chi connectivity index (χ1v) is 8.33. The number of fused-ring (bicyclic) bond motifs is 2. The van der Waals surface area contributed by atoms with Gasteiger partial charge in [0.25, 0.3) is 0 Å². The van der Waals surface area contributed by atoms with Gasteiger partial charge in [-0.05, 0) is 26.3 Å². The van der Waals surface area contributed by atoms with Crippen molar-refractivity contribution in [3.05, 3.63) is 5.69 Å². The minimum absolute atomic E-state index is 0.740. The van der Waals surface area contributed by atoms with E-state index in [0.717, 1.165) is 30.5 Å². The number of hydrogen-bond acceptors (Lipinski definition) is 5. The van der Waals surface area contributed by atoms with Gasteiger partial charge in [-0.3, -0.25) is 4.90 Å². The van der Waals surface area contributed by atoms with Crippen LogP contribution in [0.5, 0.6) is 0 Å². The molecule has 20 heavy (non-hydrogen) atoms. The molecule has 0 N–H and O–H groups in total. The highest BCUT2D eigenvalue weighted by Crippen LogP contribution is 2.32. The lowest BCUT2D eigenvalue weighted by Gasteiger charge is -2.43. The Morgan fingerprint density at radius 1 is 1.20 bits per heavy atom. The van der Waals surface area contributed by atoms with E-state index in [4.69, 9.17) is 4.98 Å². The molecule has 0 spiro atoms. The van der Waals surface area contributed by atoms with E-state index in [1.807, 2.05) is 11.7 Å². The van der Waals surface area contributed by atoms with E-state index in [1.165, 1.54) is 42.2 Å². The molecule has 2 fully saturated rings. The zero-order valence-corrected chi connectivity index (χ0v) is 13.0. The zero-order valence-electron chi connectivity index (χ0n) is 12.2. The van der Waals surface area contributed by atoms with Gasteiger partial charge in [-0.15, -0.1) is 0 Å². The minimum Gasteiger partial charge on any atom is -0.345 e. The molecule has 1 unspecified atom stereocenters. The van der Waals surface area contributed by atoms with Crippen LogP contribution in [-0.2, 0) is 7.05 Å². The maximum Gasteiger partial charge on any atom is 0.188 e. The minimum atomic E-state index is 0.740. The first-order chi connectivity index (χ1) is 9.72. The molecule has 6 heteroatoms. The molecule has 0 amide bonds. The van der Waals surface area contributed by atoms with Crippen molar-refractivity contribution in [2.75, 3.05) is 31.1 Å². The van der Waals surface area contributed by atoms with Gasteiger partial charge >= 0.3 is 0 Å². The third-order valence-corrected chi connectivity index (χ3v) is 5.86. The van der Waals surface area contributed by atoms with Gasteiger partial charge in [0, 0.05) is 32.7 Å². The topological polar surface area (TPSA) is 37.2 Å². The Balaban J connectivity index is 1.61. The van der Waals surface area contributed by atoms with Gasteiger partial charge in [-0.25, -0.2) is 9.67 Å². The second-order valence-electron chi connectivity index (χ2n) is 5.99. The highest BCUT2D eigenvalue weighted by molar-refractivity contribution is 7.22. The number of piperazine rings is 1. The van der Waals surface area contributed by atoms with Crippen molar-refractivity contribution in [3.8, 4) is 0 Å². The fraction of sp³-hybridized carbons (Fsp3) is 0.714. The van der Waals surface area contributed by atoms with Gasteiger partial charge in [0.1, 0.15) is 0 Å². The molecule has 5 nitrogen and oxygen atoms in total. The quantitative estimate of drug-likeness (QED) is 0.805. The summed E-state index contributed by atoms with van der Waals surface area (Å²) >= 11 is 1.80. The van der Waals surface area contributed by atoms with Crippen LogP contribution in [0.2, 0.25) is 0 Å². The second kappa shape index (κ2) is 4.70. The van der Waals surface area contributed by atoms with Crippen LogP contribution in [-0.4, -0.2) is 51.9 Å². The van der Waals surface area contributed by atoms with Crippen LogP contribution >= 0.6 is 11.3 Å². The van der Waals surface area contributed by atoms with Crippen molar-refractivity contribution in [2.45, 2.75) is 32.2 Å². The summed E-state index contributed by atoms with van der Waals surface area (Å²) in [5.74, 6) is 0. The molecule has 0 bridgehead atoms. The molecule has 108 valence electrons. The summed E-state index contributed by atoms with van der Waals surface area (Å²) < 4.78 is 3.15. The Morgan fingerprint density at radius 3 is 2.95 bits per heavy atom. The maximum absolute atomic E-state index is 4.82. The van der Waals surface area contributed by atoms with E-state index in [0.29, 0.717) is 0 Å².